The molecule has 0 aliphatic carbocycles. The van der Waals surface area contributed by atoms with E-state index in [4.69, 9.17) is 4.74 Å². The van der Waals surface area contributed by atoms with E-state index in [1.165, 1.54) is 0 Å². The number of benzene rings is 2. The summed E-state index contributed by atoms with van der Waals surface area (Å²) >= 11 is 0. The SMILES string of the molecule is Cc1nc(Oc2ccccc2)nc(C)c1NS(=O)(=O)c1cc(F)cc(F)c1. The summed E-state index contributed by atoms with van der Waals surface area (Å²) in [6.45, 7) is 3.13. The van der Waals surface area contributed by atoms with E-state index in [2.05, 4.69) is 14.7 Å². The highest BCUT2D eigenvalue weighted by Crippen LogP contribution is 2.26. The third kappa shape index (κ3) is 4.37. The third-order valence-corrected chi connectivity index (χ3v) is 4.91. The molecule has 0 fully saturated rings. The fourth-order valence-electron chi connectivity index (χ4n) is 2.35. The molecule has 0 saturated heterocycles. The van der Waals surface area contributed by atoms with Gasteiger partial charge in [0, 0.05) is 6.07 Å². The van der Waals surface area contributed by atoms with E-state index in [0.717, 1.165) is 12.1 Å². The van der Waals surface area contributed by atoms with Crippen LogP contribution in [-0.2, 0) is 10.0 Å². The molecule has 0 aliphatic rings. The lowest BCUT2D eigenvalue weighted by atomic mass is 10.3. The number of aryl methyl sites for hydroxylation is 2. The van der Waals surface area contributed by atoms with Gasteiger partial charge < -0.3 is 4.74 Å². The van der Waals surface area contributed by atoms with E-state index in [0.29, 0.717) is 23.2 Å². The van der Waals surface area contributed by atoms with Gasteiger partial charge in [-0.2, -0.15) is 9.97 Å². The Kier molecular flexibility index (Phi) is 5.04. The van der Waals surface area contributed by atoms with Crippen molar-refractivity contribution in [1.29, 1.82) is 0 Å². The summed E-state index contributed by atoms with van der Waals surface area (Å²) < 4.78 is 59.4. The van der Waals surface area contributed by atoms with Crippen molar-refractivity contribution < 1.29 is 21.9 Å². The van der Waals surface area contributed by atoms with E-state index < -0.39 is 26.6 Å². The second-order valence-electron chi connectivity index (χ2n) is 5.68. The average molecular weight is 391 g/mol. The van der Waals surface area contributed by atoms with E-state index in [1.807, 2.05) is 6.07 Å². The number of hydrogen-bond donors (Lipinski definition) is 1. The molecule has 1 heterocycles. The fourth-order valence-corrected chi connectivity index (χ4v) is 3.57. The van der Waals surface area contributed by atoms with Gasteiger partial charge in [-0.25, -0.2) is 17.2 Å². The van der Waals surface area contributed by atoms with E-state index in [1.54, 1.807) is 38.1 Å². The van der Waals surface area contributed by atoms with Crippen LogP contribution in [0.3, 0.4) is 0 Å². The Balaban J connectivity index is 1.91. The monoisotopic (exact) mass is 391 g/mol. The lowest BCUT2D eigenvalue weighted by Gasteiger charge is -2.14. The maximum absolute atomic E-state index is 13.3. The van der Waals surface area contributed by atoms with Crippen LogP contribution < -0.4 is 9.46 Å². The normalized spacial score (nSPS) is 11.3. The Hall–Kier alpha value is -3.07. The molecule has 1 aromatic heterocycles. The van der Waals surface area contributed by atoms with Crippen LogP contribution in [-0.4, -0.2) is 18.4 Å². The summed E-state index contributed by atoms with van der Waals surface area (Å²) in [6, 6.07) is 11.0. The third-order valence-electron chi connectivity index (χ3n) is 3.59. The van der Waals surface area contributed by atoms with Crippen molar-refractivity contribution in [3.8, 4) is 11.8 Å². The number of rotatable bonds is 5. The maximum Gasteiger partial charge on any atom is 0.322 e. The highest BCUT2D eigenvalue weighted by molar-refractivity contribution is 7.92. The van der Waals surface area contributed by atoms with E-state index in [9.17, 15) is 17.2 Å². The molecular formula is C18H15F2N3O3S. The average Bonchev–Trinajstić information content (AvgIpc) is 2.58. The van der Waals surface area contributed by atoms with Crippen LogP contribution in [0.4, 0.5) is 14.5 Å². The number of anilines is 1. The summed E-state index contributed by atoms with van der Waals surface area (Å²) in [5.74, 6) is -1.46. The largest absolute Gasteiger partial charge is 0.424 e. The highest BCUT2D eigenvalue weighted by Gasteiger charge is 2.20. The zero-order valence-electron chi connectivity index (χ0n) is 14.4. The lowest BCUT2D eigenvalue weighted by molar-refractivity contribution is 0.439. The van der Waals surface area contributed by atoms with Crippen molar-refractivity contribution in [3.05, 3.63) is 71.6 Å². The Morgan fingerprint density at radius 2 is 1.48 bits per heavy atom. The molecule has 0 radical (unpaired) electrons. The Labute approximate surface area is 154 Å². The molecule has 3 rings (SSSR count). The molecule has 140 valence electrons. The number of sulfonamides is 1. The van der Waals surface area contributed by atoms with Crippen LogP contribution in [0.25, 0.3) is 0 Å². The molecule has 0 unspecified atom stereocenters. The molecule has 0 bridgehead atoms. The zero-order chi connectivity index (χ0) is 19.6. The van der Waals surface area contributed by atoms with Crippen LogP contribution in [0.15, 0.2) is 53.4 Å². The van der Waals surface area contributed by atoms with Crippen molar-refractivity contribution >= 4 is 15.7 Å². The number of para-hydroxylation sites is 1. The fraction of sp³-hybridized carbons (Fsp3) is 0.111. The first kappa shape index (κ1) is 18.7. The van der Waals surface area contributed by atoms with Crippen molar-refractivity contribution in [2.24, 2.45) is 0 Å². The molecule has 0 saturated carbocycles. The highest BCUT2D eigenvalue weighted by atomic mass is 32.2. The van der Waals surface area contributed by atoms with Gasteiger partial charge in [-0.1, -0.05) is 18.2 Å². The second-order valence-corrected chi connectivity index (χ2v) is 7.36. The molecule has 27 heavy (non-hydrogen) atoms. The smallest absolute Gasteiger partial charge is 0.322 e. The Morgan fingerprint density at radius 1 is 0.926 bits per heavy atom. The molecule has 0 spiro atoms. The Bertz CT molecular complexity index is 1050. The minimum Gasteiger partial charge on any atom is -0.424 e. The standard InChI is InChI=1S/C18H15F2N3O3S/c1-11-17(23-27(24,25)16-9-13(19)8-14(20)10-16)12(2)22-18(21-11)26-15-6-4-3-5-7-15/h3-10,23H,1-2H3. The first-order valence-corrected chi connectivity index (χ1v) is 9.30. The minimum atomic E-state index is -4.23. The molecule has 0 atom stereocenters. The van der Waals surface area contributed by atoms with Gasteiger partial charge >= 0.3 is 6.01 Å². The van der Waals surface area contributed by atoms with Gasteiger partial charge in [0.15, 0.2) is 0 Å². The van der Waals surface area contributed by atoms with Gasteiger partial charge in [0.05, 0.1) is 22.0 Å². The summed E-state index contributed by atoms with van der Waals surface area (Å²) in [5, 5.41) is 0. The van der Waals surface area contributed by atoms with Crippen LogP contribution in [0.5, 0.6) is 11.8 Å². The van der Waals surface area contributed by atoms with Gasteiger partial charge in [0.2, 0.25) is 0 Å². The van der Waals surface area contributed by atoms with Crippen LogP contribution in [0, 0.1) is 25.5 Å². The van der Waals surface area contributed by atoms with Gasteiger partial charge in [-0.15, -0.1) is 0 Å². The first-order chi connectivity index (χ1) is 12.7. The molecule has 6 nitrogen and oxygen atoms in total. The molecule has 1 N–H and O–H groups in total. The number of halogens is 2. The summed E-state index contributed by atoms with van der Waals surface area (Å²) in [6.07, 6.45) is 0. The molecular weight excluding hydrogens is 376 g/mol. The summed E-state index contributed by atoms with van der Waals surface area (Å²) in [5.41, 5.74) is 0.711. The Morgan fingerprint density at radius 3 is 2.04 bits per heavy atom. The second kappa shape index (κ2) is 7.28. The molecule has 9 heteroatoms. The van der Waals surface area contributed by atoms with E-state index >= 15 is 0 Å². The molecule has 2 aromatic carbocycles. The van der Waals surface area contributed by atoms with Crippen molar-refractivity contribution in [2.45, 2.75) is 18.7 Å². The predicted octanol–water partition coefficient (Wildman–Crippen LogP) is 3.96. The predicted molar refractivity (Wildman–Crippen MR) is 95.2 cm³/mol. The van der Waals surface area contributed by atoms with Crippen LogP contribution in [0.1, 0.15) is 11.4 Å². The molecule has 0 aliphatic heterocycles. The summed E-state index contributed by atoms with van der Waals surface area (Å²) in [4.78, 5) is 7.73. The quantitative estimate of drug-likeness (QED) is 0.712. The summed E-state index contributed by atoms with van der Waals surface area (Å²) in [7, 11) is -4.23. The van der Waals surface area contributed by atoms with Gasteiger partial charge in [0.25, 0.3) is 10.0 Å². The van der Waals surface area contributed by atoms with Gasteiger partial charge in [-0.3, -0.25) is 4.72 Å². The van der Waals surface area contributed by atoms with Crippen molar-refractivity contribution in [3.63, 3.8) is 0 Å². The van der Waals surface area contributed by atoms with Gasteiger partial charge in [0.1, 0.15) is 17.4 Å². The number of ether oxygens (including phenoxy) is 1. The van der Waals surface area contributed by atoms with Crippen molar-refractivity contribution in [1.82, 2.24) is 9.97 Å². The number of hydrogen-bond acceptors (Lipinski definition) is 5. The first-order valence-electron chi connectivity index (χ1n) is 7.81. The number of nitrogens with zero attached hydrogens (tertiary/aromatic N) is 2. The van der Waals surface area contributed by atoms with Gasteiger partial charge in [-0.05, 0) is 38.1 Å². The van der Waals surface area contributed by atoms with E-state index in [-0.39, 0.29) is 11.7 Å². The topological polar surface area (TPSA) is 81.2 Å². The zero-order valence-corrected chi connectivity index (χ0v) is 15.2. The molecule has 3 aromatic rings. The lowest BCUT2D eigenvalue weighted by Crippen LogP contribution is -2.16. The molecule has 0 amide bonds. The number of nitrogens with one attached hydrogen (secondary N) is 1. The van der Waals surface area contributed by atoms with Crippen LogP contribution >= 0.6 is 0 Å². The maximum atomic E-state index is 13.3. The number of aromatic nitrogens is 2. The van der Waals surface area contributed by atoms with Crippen LogP contribution in [0.2, 0.25) is 0 Å². The van der Waals surface area contributed by atoms with Crippen molar-refractivity contribution in [2.75, 3.05) is 4.72 Å². The minimum absolute atomic E-state index is 0.0518.